The largest absolute Gasteiger partial charge is 0.461 e. The maximum absolute atomic E-state index is 13.2. The van der Waals surface area contributed by atoms with E-state index in [0.29, 0.717) is 24.3 Å². The molecule has 0 radical (unpaired) electrons. The summed E-state index contributed by atoms with van der Waals surface area (Å²) in [5.74, 6) is -0.613. The zero-order valence-corrected chi connectivity index (χ0v) is 18.4. The number of carbonyl (C=O) groups excluding carboxylic acids is 1. The molecular weight excluding hydrogens is 390 g/mol. The SMILES string of the molecule is CCN(CC)CCOC(=O)c1c(-c2ccccc2)c(-c2ccccc2)nn(CC)c1=O. The molecule has 0 amide bonds. The molecule has 0 bridgehead atoms. The molecule has 3 rings (SSSR count). The summed E-state index contributed by atoms with van der Waals surface area (Å²) in [6, 6.07) is 19.0. The number of benzene rings is 2. The molecule has 0 fully saturated rings. The maximum atomic E-state index is 13.2. The first-order valence-electron chi connectivity index (χ1n) is 10.8. The number of ether oxygens (including phenoxy) is 1. The molecule has 0 aliphatic heterocycles. The van der Waals surface area contributed by atoms with Crippen LogP contribution in [0.25, 0.3) is 22.4 Å². The minimum Gasteiger partial charge on any atom is -0.461 e. The summed E-state index contributed by atoms with van der Waals surface area (Å²) < 4.78 is 6.90. The summed E-state index contributed by atoms with van der Waals surface area (Å²) in [4.78, 5) is 28.6. The zero-order chi connectivity index (χ0) is 22.2. The predicted molar refractivity (Wildman–Crippen MR) is 123 cm³/mol. The van der Waals surface area contributed by atoms with Crippen molar-refractivity contribution in [2.45, 2.75) is 27.3 Å². The molecule has 3 aromatic rings. The van der Waals surface area contributed by atoms with Crippen molar-refractivity contribution in [3.8, 4) is 22.4 Å². The van der Waals surface area contributed by atoms with Crippen molar-refractivity contribution in [1.82, 2.24) is 14.7 Å². The van der Waals surface area contributed by atoms with Gasteiger partial charge in [0.05, 0.1) is 5.69 Å². The Hall–Kier alpha value is -3.25. The second-order valence-electron chi connectivity index (χ2n) is 7.11. The highest BCUT2D eigenvalue weighted by molar-refractivity contribution is 6.00. The van der Waals surface area contributed by atoms with E-state index in [1.54, 1.807) is 0 Å². The number of carbonyl (C=O) groups is 1. The third-order valence-electron chi connectivity index (χ3n) is 5.30. The molecular formula is C25H29N3O3. The molecule has 162 valence electrons. The predicted octanol–water partition coefficient (Wildman–Crippen LogP) is 4.10. The molecule has 1 heterocycles. The number of hydrogen-bond donors (Lipinski definition) is 0. The summed E-state index contributed by atoms with van der Waals surface area (Å²) in [5, 5.41) is 4.60. The number of likely N-dealkylation sites (N-methyl/N-ethyl adjacent to an activating group) is 1. The summed E-state index contributed by atoms with van der Waals surface area (Å²) >= 11 is 0. The molecule has 0 saturated carbocycles. The molecule has 0 aliphatic rings. The van der Waals surface area contributed by atoms with Gasteiger partial charge in [0.2, 0.25) is 0 Å². The summed E-state index contributed by atoms with van der Waals surface area (Å²) in [5.41, 5.74) is 2.28. The first kappa shape index (κ1) is 22.4. The van der Waals surface area contributed by atoms with Gasteiger partial charge in [0, 0.05) is 24.2 Å². The van der Waals surface area contributed by atoms with Crippen molar-refractivity contribution in [3.63, 3.8) is 0 Å². The highest BCUT2D eigenvalue weighted by Crippen LogP contribution is 2.32. The first-order valence-corrected chi connectivity index (χ1v) is 10.8. The van der Waals surface area contributed by atoms with Crippen molar-refractivity contribution in [2.75, 3.05) is 26.2 Å². The van der Waals surface area contributed by atoms with Crippen molar-refractivity contribution in [3.05, 3.63) is 76.6 Å². The van der Waals surface area contributed by atoms with Gasteiger partial charge in [0.25, 0.3) is 5.56 Å². The topological polar surface area (TPSA) is 64.4 Å². The number of aromatic nitrogens is 2. The molecule has 0 saturated heterocycles. The number of rotatable bonds is 9. The Balaban J connectivity index is 2.14. The van der Waals surface area contributed by atoms with E-state index in [1.807, 2.05) is 67.6 Å². The van der Waals surface area contributed by atoms with Crippen molar-refractivity contribution >= 4 is 5.97 Å². The van der Waals surface area contributed by atoms with Crippen LogP contribution < -0.4 is 5.56 Å². The maximum Gasteiger partial charge on any atom is 0.344 e. The van der Waals surface area contributed by atoms with E-state index in [4.69, 9.17) is 4.74 Å². The summed E-state index contributed by atoms with van der Waals surface area (Å²) in [6.45, 7) is 8.91. The standard InChI is InChI=1S/C25H29N3O3/c1-4-27(5-2)17-18-31-25(30)22-21(19-13-9-7-10-14-19)23(20-15-11-8-12-16-20)26-28(6-3)24(22)29/h7-16H,4-6,17-18H2,1-3H3. The Labute approximate surface area is 183 Å². The Bertz CT molecular complexity index is 1060. The van der Waals surface area contributed by atoms with E-state index in [2.05, 4.69) is 23.8 Å². The van der Waals surface area contributed by atoms with Crippen LogP contribution in [-0.2, 0) is 11.3 Å². The molecule has 6 nitrogen and oxygen atoms in total. The lowest BCUT2D eigenvalue weighted by Gasteiger charge is -2.19. The first-order chi connectivity index (χ1) is 15.1. The molecule has 0 spiro atoms. The quantitative estimate of drug-likeness (QED) is 0.489. The Morgan fingerprint density at radius 3 is 2.06 bits per heavy atom. The summed E-state index contributed by atoms with van der Waals surface area (Å²) in [6.07, 6.45) is 0. The van der Waals surface area contributed by atoms with Gasteiger partial charge < -0.3 is 9.64 Å². The number of nitrogens with zero attached hydrogens (tertiary/aromatic N) is 3. The van der Waals surface area contributed by atoms with Crippen LogP contribution in [0.2, 0.25) is 0 Å². The molecule has 0 N–H and O–H groups in total. The van der Waals surface area contributed by atoms with Gasteiger partial charge in [-0.25, -0.2) is 9.48 Å². The highest BCUT2D eigenvalue weighted by atomic mass is 16.5. The Morgan fingerprint density at radius 1 is 0.935 bits per heavy atom. The number of aryl methyl sites for hydroxylation is 1. The van der Waals surface area contributed by atoms with Gasteiger partial charge in [0.15, 0.2) is 0 Å². The van der Waals surface area contributed by atoms with E-state index in [-0.39, 0.29) is 12.2 Å². The molecule has 6 heteroatoms. The minimum absolute atomic E-state index is 0.0291. The van der Waals surface area contributed by atoms with Gasteiger partial charge in [-0.05, 0) is 25.6 Å². The Kier molecular flexibility index (Phi) is 7.73. The van der Waals surface area contributed by atoms with E-state index < -0.39 is 11.5 Å². The average molecular weight is 420 g/mol. The second kappa shape index (κ2) is 10.7. The Morgan fingerprint density at radius 2 is 1.52 bits per heavy atom. The van der Waals surface area contributed by atoms with Gasteiger partial charge in [0.1, 0.15) is 12.2 Å². The fourth-order valence-corrected chi connectivity index (χ4v) is 3.54. The third-order valence-corrected chi connectivity index (χ3v) is 5.30. The van der Waals surface area contributed by atoms with E-state index in [9.17, 15) is 9.59 Å². The van der Waals surface area contributed by atoms with Gasteiger partial charge >= 0.3 is 5.97 Å². The molecule has 1 aromatic heterocycles. The van der Waals surface area contributed by atoms with Gasteiger partial charge in [-0.2, -0.15) is 5.10 Å². The lowest BCUT2D eigenvalue weighted by molar-refractivity contribution is 0.0464. The van der Waals surface area contributed by atoms with E-state index in [1.165, 1.54) is 4.68 Å². The van der Waals surface area contributed by atoms with Crippen LogP contribution in [0.15, 0.2) is 65.5 Å². The minimum atomic E-state index is -0.613. The second-order valence-corrected chi connectivity index (χ2v) is 7.11. The average Bonchev–Trinajstić information content (AvgIpc) is 2.82. The monoisotopic (exact) mass is 419 g/mol. The van der Waals surface area contributed by atoms with Crippen LogP contribution in [0, 0.1) is 0 Å². The normalized spacial score (nSPS) is 11.0. The van der Waals surface area contributed by atoms with Crippen LogP contribution in [0.1, 0.15) is 31.1 Å². The fourth-order valence-electron chi connectivity index (χ4n) is 3.54. The zero-order valence-electron chi connectivity index (χ0n) is 18.4. The molecule has 31 heavy (non-hydrogen) atoms. The van der Waals surface area contributed by atoms with Crippen LogP contribution >= 0.6 is 0 Å². The van der Waals surface area contributed by atoms with Gasteiger partial charge in [-0.1, -0.05) is 74.5 Å². The number of hydrogen-bond acceptors (Lipinski definition) is 5. The fraction of sp³-hybridized carbons (Fsp3) is 0.320. The van der Waals surface area contributed by atoms with Crippen molar-refractivity contribution < 1.29 is 9.53 Å². The summed E-state index contributed by atoms with van der Waals surface area (Å²) in [7, 11) is 0. The van der Waals surface area contributed by atoms with E-state index in [0.717, 1.165) is 24.2 Å². The van der Waals surface area contributed by atoms with Gasteiger partial charge in [-0.3, -0.25) is 4.79 Å². The van der Waals surface area contributed by atoms with Crippen LogP contribution in [0.5, 0.6) is 0 Å². The van der Waals surface area contributed by atoms with Gasteiger partial charge in [-0.15, -0.1) is 0 Å². The smallest absolute Gasteiger partial charge is 0.344 e. The van der Waals surface area contributed by atoms with Crippen LogP contribution in [-0.4, -0.2) is 46.9 Å². The number of esters is 1. The molecule has 0 aliphatic carbocycles. The van der Waals surface area contributed by atoms with Crippen molar-refractivity contribution in [2.24, 2.45) is 0 Å². The lowest BCUT2D eigenvalue weighted by Crippen LogP contribution is -2.32. The molecule has 2 aromatic carbocycles. The molecule has 0 unspecified atom stereocenters. The van der Waals surface area contributed by atoms with E-state index >= 15 is 0 Å². The molecule has 0 atom stereocenters. The highest BCUT2D eigenvalue weighted by Gasteiger charge is 2.26. The lowest BCUT2D eigenvalue weighted by atomic mass is 9.95. The van der Waals surface area contributed by atoms with Crippen LogP contribution in [0.3, 0.4) is 0 Å². The van der Waals surface area contributed by atoms with Crippen molar-refractivity contribution in [1.29, 1.82) is 0 Å². The third kappa shape index (κ3) is 5.09. The van der Waals surface area contributed by atoms with Crippen LogP contribution in [0.4, 0.5) is 0 Å².